The summed E-state index contributed by atoms with van der Waals surface area (Å²) in [5.41, 5.74) is 3.59. The van der Waals surface area contributed by atoms with Gasteiger partial charge in [0.1, 0.15) is 10.6 Å². The molecule has 38 heavy (non-hydrogen) atoms. The van der Waals surface area contributed by atoms with Crippen molar-refractivity contribution < 1.29 is 22.8 Å². The first-order valence-corrected chi connectivity index (χ1v) is 14.6. The van der Waals surface area contributed by atoms with E-state index >= 15 is 0 Å². The summed E-state index contributed by atoms with van der Waals surface area (Å²) in [6, 6.07) is 2.02. The third-order valence-corrected chi connectivity index (χ3v) is 7.39. The summed E-state index contributed by atoms with van der Waals surface area (Å²) in [5, 5.41) is 10.2. The number of hydrogen-bond donors (Lipinski definition) is 3. The molecule has 1 amide bonds. The molecule has 0 aliphatic carbocycles. The van der Waals surface area contributed by atoms with Crippen LogP contribution in [-0.4, -0.2) is 62.1 Å². The predicted octanol–water partition coefficient (Wildman–Crippen LogP) is 4.42. The van der Waals surface area contributed by atoms with Crippen molar-refractivity contribution in [2.24, 2.45) is 0 Å². The van der Waals surface area contributed by atoms with Crippen LogP contribution < -0.4 is 15.1 Å². The number of furan rings is 1. The third kappa shape index (κ3) is 11.2. The van der Waals surface area contributed by atoms with Crippen LogP contribution in [0.3, 0.4) is 0 Å². The Morgan fingerprint density at radius 3 is 2.55 bits per heavy atom. The number of sulfonamides is 1. The van der Waals surface area contributed by atoms with E-state index in [-0.39, 0.29) is 11.4 Å². The van der Waals surface area contributed by atoms with Crippen molar-refractivity contribution in [2.75, 3.05) is 37.6 Å². The van der Waals surface area contributed by atoms with Crippen LogP contribution in [0.2, 0.25) is 0 Å². The summed E-state index contributed by atoms with van der Waals surface area (Å²) in [4.78, 5) is 19.8. The fourth-order valence-corrected chi connectivity index (χ4v) is 4.92. The standard InChI is InChI=1S/C14H21NO.C12H18N4O4S2/c1-5-9-15(7-3)11-13-8-10-16-14(13)12(4)6-2;1-3-5-8-22(19,20)14-6-7-16(4-2)12-13-9-10(21-12)11(17)15-18/h6,8,10H,2,4-5,7,9,11H2,1,3H3;3,5,8-9,14,18H,1,4,6-7H2,2H3,(H,15,17)/b;8-5+. The summed E-state index contributed by atoms with van der Waals surface area (Å²) in [5.74, 6) is 0.236. The highest BCUT2D eigenvalue weighted by atomic mass is 32.2. The number of thiazole rings is 1. The van der Waals surface area contributed by atoms with E-state index in [2.05, 4.69) is 48.2 Å². The lowest BCUT2D eigenvalue weighted by atomic mass is 10.1. The normalized spacial score (nSPS) is 11.2. The van der Waals surface area contributed by atoms with Crippen molar-refractivity contribution in [1.82, 2.24) is 20.1 Å². The second kappa shape index (κ2) is 17.5. The Kier molecular flexibility index (Phi) is 15.2. The molecule has 2 rings (SSSR count). The maximum Gasteiger partial charge on any atom is 0.286 e. The Bertz CT molecular complexity index is 1170. The van der Waals surface area contributed by atoms with Crippen molar-refractivity contribution in [1.29, 1.82) is 0 Å². The quantitative estimate of drug-likeness (QED) is 0.155. The van der Waals surface area contributed by atoms with Crippen LogP contribution in [0.4, 0.5) is 5.13 Å². The van der Waals surface area contributed by atoms with E-state index < -0.39 is 15.9 Å². The first-order chi connectivity index (χ1) is 18.2. The van der Waals surface area contributed by atoms with Gasteiger partial charge in [-0.05, 0) is 32.5 Å². The van der Waals surface area contributed by atoms with Gasteiger partial charge >= 0.3 is 0 Å². The lowest BCUT2D eigenvalue weighted by Gasteiger charge is -2.19. The number of carbonyl (C=O) groups is 1. The van der Waals surface area contributed by atoms with Crippen LogP contribution in [0.15, 0.2) is 66.3 Å². The average molecular weight is 566 g/mol. The summed E-state index contributed by atoms with van der Waals surface area (Å²) >= 11 is 1.11. The zero-order valence-corrected chi connectivity index (χ0v) is 24.0. The molecule has 0 bridgehead atoms. The molecule has 10 nitrogen and oxygen atoms in total. The molecule has 0 radical (unpaired) electrons. The lowest BCUT2D eigenvalue weighted by Crippen LogP contribution is -2.34. The van der Waals surface area contributed by atoms with E-state index in [9.17, 15) is 13.2 Å². The molecule has 0 fully saturated rings. The second-order valence-corrected chi connectivity index (χ2v) is 10.6. The van der Waals surface area contributed by atoms with Crippen molar-refractivity contribution in [3.8, 4) is 0 Å². The molecule has 0 aliphatic heterocycles. The molecule has 0 aliphatic rings. The molecule has 210 valence electrons. The van der Waals surface area contributed by atoms with Crippen LogP contribution in [0.1, 0.15) is 48.2 Å². The van der Waals surface area contributed by atoms with E-state index in [4.69, 9.17) is 9.62 Å². The van der Waals surface area contributed by atoms with Gasteiger partial charge in [-0.25, -0.2) is 23.6 Å². The molecule has 2 aromatic heterocycles. The minimum absolute atomic E-state index is 0.193. The van der Waals surface area contributed by atoms with E-state index in [1.165, 1.54) is 35.8 Å². The Hall–Kier alpha value is -3.03. The van der Waals surface area contributed by atoms with Crippen LogP contribution in [-0.2, 0) is 16.6 Å². The molecule has 12 heteroatoms. The summed E-state index contributed by atoms with van der Waals surface area (Å²) in [7, 11) is -3.48. The molecule has 2 heterocycles. The van der Waals surface area contributed by atoms with E-state index in [1.54, 1.807) is 12.3 Å². The molecule has 0 spiro atoms. The van der Waals surface area contributed by atoms with E-state index in [0.717, 1.165) is 47.7 Å². The first kappa shape index (κ1) is 33.0. The SMILES string of the molecule is C=C/C=C/S(=O)(=O)NCCN(CC)c1ncc(C(=O)NO)s1.C=CC(=C)c1occc1CN(CC)CCC. The minimum atomic E-state index is -3.48. The van der Waals surface area contributed by atoms with Gasteiger partial charge in [0.05, 0.1) is 12.5 Å². The topological polar surface area (TPSA) is 128 Å². The van der Waals surface area contributed by atoms with Crippen molar-refractivity contribution in [3.05, 3.63) is 78.1 Å². The number of aromatic nitrogens is 1. The number of allylic oxidation sites excluding steroid dienone is 4. The molecule has 3 N–H and O–H groups in total. The lowest BCUT2D eigenvalue weighted by molar-refractivity contribution is 0.0710. The molecule has 0 atom stereocenters. The Morgan fingerprint density at radius 2 is 1.97 bits per heavy atom. The number of nitrogens with one attached hydrogen (secondary N) is 2. The van der Waals surface area contributed by atoms with Crippen molar-refractivity contribution >= 4 is 38.0 Å². The number of rotatable bonds is 16. The van der Waals surface area contributed by atoms with Gasteiger partial charge in [-0.3, -0.25) is 14.9 Å². The number of anilines is 1. The maximum atomic E-state index is 11.6. The van der Waals surface area contributed by atoms with Crippen LogP contribution >= 0.6 is 11.3 Å². The maximum absolute atomic E-state index is 11.6. The Balaban J connectivity index is 0.000000399. The summed E-state index contributed by atoms with van der Waals surface area (Å²) in [6.45, 7) is 21.6. The molecule has 2 aromatic rings. The summed E-state index contributed by atoms with van der Waals surface area (Å²) < 4.78 is 31.0. The van der Waals surface area contributed by atoms with Crippen LogP contribution in [0, 0.1) is 0 Å². The van der Waals surface area contributed by atoms with Gasteiger partial charge < -0.3 is 9.32 Å². The van der Waals surface area contributed by atoms with Crippen LogP contribution in [0.5, 0.6) is 0 Å². The van der Waals surface area contributed by atoms with Crippen molar-refractivity contribution in [3.63, 3.8) is 0 Å². The number of amides is 1. The number of hydrogen-bond acceptors (Lipinski definition) is 9. The zero-order valence-electron chi connectivity index (χ0n) is 22.4. The molecular formula is C26H39N5O5S2. The second-order valence-electron chi connectivity index (χ2n) is 7.90. The number of carbonyl (C=O) groups excluding carboxylic acids is 1. The number of hydroxylamine groups is 1. The molecule has 0 aromatic carbocycles. The highest BCUT2D eigenvalue weighted by Gasteiger charge is 2.15. The van der Waals surface area contributed by atoms with Gasteiger partial charge in [-0.2, -0.15) is 0 Å². The van der Waals surface area contributed by atoms with Crippen molar-refractivity contribution in [2.45, 2.75) is 33.7 Å². The predicted molar refractivity (Wildman–Crippen MR) is 155 cm³/mol. The fraction of sp³-hybridized carbons (Fsp3) is 0.385. The smallest absolute Gasteiger partial charge is 0.286 e. The van der Waals surface area contributed by atoms with Gasteiger partial charge in [0.15, 0.2) is 5.13 Å². The highest BCUT2D eigenvalue weighted by Crippen LogP contribution is 2.22. The summed E-state index contributed by atoms with van der Waals surface area (Å²) in [6.07, 6.45) is 8.69. The minimum Gasteiger partial charge on any atom is -0.464 e. The van der Waals surface area contributed by atoms with E-state index in [0.29, 0.717) is 18.2 Å². The van der Waals surface area contributed by atoms with Gasteiger partial charge in [0.2, 0.25) is 10.0 Å². The molecular weight excluding hydrogens is 526 g/mol. The molecule has 0 unspecified atom stereocenters. The third-order valence-electron chi connectivity index (χ3n) is 5.22. The van der Waals surface area contributed by atoms with E-state index in [1.807, 2.05) is 17.9 Å². The Labute approximate surface area is 230 Å². The van der Waals surface area contributed by atoms with Crippen LogP contribution in [0.25, 0.3) is 5.57 Å². The zero-order chi connectivity index (χ0) is 28.6. The monoisotopic (exact) mass is 565 g/mol. The molecule has 0 saturated heterocycles. The van der Waals surface area contributed by atoms with Gasteiger partial charge in [0.25, 0.3) is 5.91 Å². The number of likely N-dealkylation sites (N-methyl/N-ethyl adjacent to an activating group) is 1. The van der Waals surface area contributed by atoms with Gasteiger partial charge in [0, 0.05) is 42.7 Å². The fourth-order valence-electron chi connectivity index (χ4n) is 3.23. The number of nitrogens with zero attached hydrogens (tertiary/aromatic N) is 3. The Morgan fingerprint density at radius 1 is 1.24 bits per heavy atom. The largest absolute Gasteiger partial charge is 0.464 e. The van der Waals surface area contributed by atoms with Gasteiger partial charge in [-0.1, -0.05) is 63.1 Å². The van der Waals surface area contributed by atoms with Gasteiger partial charge in [-0.15, -0.1) is 0 Å². The molecule has 0 saturated carbocycles. The first-order valence-electron chi connectivity index (χ1n) is 12.2. The average Bonchev–Trinajstić information content (AvgIpc) is 3.59. The highest BCUT2D eigenvalue weighted by molar-refractivity contribution is 7.92.